The van der Waals surface area contributed by atoms with Gasteiger partial charge >= 0.3 is 0 Å². The van der Waals surface area contributed by atoms with Crippen molar-refractivity contribution in [1.82, 2.24) is 0 Å². The summed E-state index contributed by atoms with van der Waals surface area (Å²) in [5, 5.41) is 18.4. The molecule has 28 heavy (non-hydrogen) atoms. The molecule has 1 rings (SSSR count). The van der Waals surface area contributed by atoms with Crippen molar-refractivity contribution < 1.29 is 14.2 Å². The maximum absolute atomic E-state index is 13.4. The number of rotatable bonds is 17. The number of hydrogen-bond donors (Lipinski definition) is 1. The van der Waals surface area contributed by atoms with Gasteiger partial charge in [0.15, 0.2) is 0 Å². The fourth-order valence-corrected chi connectivity index (χ4v) is 3.45. The molecule has 0 heterocycles. The summed E-state index contributed by atoms with van der Waals surface area (Å²) in [6.07, 6.45) is 16.2. The van der Waals surface area contributed by atoms with Gasteiger partial charge < -0.3 is 9.84 Å². The van der Waals surface area contributed by atoms with Crippen LogP contribution in [0, 0.1) is 17.1 Å². The average molecular weight is 392 g/mol. The van der Waals surface area contributed by atoms with Crippen molar-refractivity contribution in [3.63, 3.8) is 0 Å². The number of nitriles is 1. The Balaban J connectivity index is 2.04. The number of benzene rings is 1. The predicted octanol–water partition coefficient (Wildman–Crippen LogP) is 6.67. The third-order valence-electron chi connectivity index (χ3n) is 5.16. The van der Waals surface area contributed by atoms with Crippen LogP contribution in [0.15, 0.2) is 18.2 Å². The van der Waals surface area contributed by atoms with E-state index in [2.05, 4.69) is 6.92 Å². The predicted molar refractivity (Wildman–Crippen MR) is 112 cm³/mol. The lowest BCUT2D eigenvalue weighted by molar-refractivity contribution is -0.00357. The van der Waals surface area contributed by atoms with Crippen LogP contribution >= 0.6 is 0 Å². The van der Waals surface area contributed by atoms with Crippen molar-refractivity contribution in [2.45, 2.75) is 103 Å². The van der Waals surface area contributed by atoms with Crippen LogP contribution in [0.3, 0.4) is 0 Å². The highest BCUT2D eigenvalue weighted by molar-refractivity contribution is 5.33. The molecular weight excluding hydrogens is 353 g/mol. The Morgan fingerprint density at radius 2 is 1.50 bits per heavy atom. The van der Waals surface area contributed by atoms with E-state index in [1.165, 1.54) is 76.3 Å². The van der Waals surface area contributed by atoms with Crippen molar-refractivity contribution >= 4 is 0 Å². The van der Waals surface area contributed by atoms with E-state index in [9.17, 15) is 9.50 Å². The fourth-order valence-electron chi connectivity index (χ4n) is 3.45. The second kappa shape index (κ2) is 16.5. The Morgan fingerprint density at radius 1 is 0.929 bits per heavy atom. The van der Waals surface area contributed by atoms with E-state index in [4.69, 9.17) is 10.00 Å². The number of unbranched alkanes of at least 4 members (excludes halogenated alkanes) is 11. The SMILES string of the molecule is CCCCCCCCCCCCCC[C@@H](CO)OCc1cc(F)cc(C#N)c1. The highest BCUT2D eigenvalue weighted by atomic mass is 19.1. The first-order valence-corrected chi connectivity index (χ1v) is 11.1. The van der Waals surface area contributed by atoms with Crippen LogP contribution in [0.25, 0.3) is 0 Å². The molecule has 0 bridgehead atoms. The minimum Gasteiger partial charge on any atom is -0.394 e. The zero-order valence-corrected chi connectivity index (χ0v) is 17.6. The smallest absolute Gasteiger partial charge is 0.124 e. The van der Waals surface area contributed by atoms with Gasteiger partial charge in [0.05, 0.1) is 31.0 Å². The second-order valence-electron chi connectivity index (χ2n) is 7.75. The zero-order chi connectivity index (χ0) is 20.5. The Morgan fingerprint density at radius 3 is 2.04 bits per heavy atom. The van der Waals surface area contributed by atoms with Gasteiger partial charge in [0.1, 0.15) is 5.82 Å². The molecule has 0 radical (unpaired) electrons. The molecule has 1 N–H and O–H groups in total. The maximum Gasteiger partial charge on any atom is 0.124 e. The lowest BCUT2D eigenvalue weighted by Crippen LogP contribution is -2.17. The lowest BCUT2D eigenvalue weighted by atomic mass is 10.0. The quantitative estimate of drug-likeness (QED) is 0.302. The summed E-state index contributed by atoms with van der Waals surface area (Å²) in [4.78, 5) is 0. The molecule has 0 saturated heterocycles. The minimum atomic E-state index is -0.431. The molecule has 0 aromatic heterocycles. The summed E-state index contributed by atoms with van der Waals surface area (Å²) in [6.45, 7) is 2.44. The summed E-state index contributed by atoms with van der Waals surface area (Å²) in [6, 6.07) is 6.15. The van der Waals surface area contributed by atoms with Crippen LogP contribution < -0.4 is 0 Å². The summed E-state index contributed by atoms with van der Waals surface area (Å²) < 4.78 is 19.1. The molecule has 0 fully saturated rings. The largest absolute Gasteiger partial charge is 0.394 e. The van der Waals surface area contributed by atoms with E-state index < -0.39 is 5.82 Å². The third kappa shape index (κ3) is 12.1. The summed E-state index contributed by atoms with van der Waals surface area (Å²) in [5.74, 6) is -0.431. The molecule has 1 atom stereocenters. The highest BCUT2D eigenvalue weighted by Gasteiger charge is 2.09. The van der Waals surface area contributed by atoms with E-state index in [0.717, 1.165) is 19.3 Å². The van der Waals surface area contributed by atoms with Gasteiger partial charge in [-0.3, -0.25) is 0 Å². The molecular formula is C24H38FNO2. The van der Waals surface area contributed by atoms with Crippen LogP contribution in [0.2, 0.25) is 0 Å². The molecule has 0 spiro atoms. The third-order valence-corrected chi connectivity index (χ3v) is 5.16. The fraction of sp³-hybridized carbons (Fsp3) is 0.708. The first kappa shape index (κ1) is 24.6. The van der Waals surface area contributed by atoms with Crippen LogP contribution in [0.1, 0.15) is 102 Å². The molecule has 1 aromatic carbocycles. The molecule has 0 aliphatic heterocycles. The zero-order valence-electron chi connectivity index (χ0n) is 17.6. The lowest BCUT2D eigenvalue weighted by Gasteiger charge is -2.15. The first-order valence-electron chi connectivity index (χ1n) is 11.1. The molecule has 0 unspecified atom stereocenters. The number of halogens is 1. The van der Waals surface area contributed by atoms with Gasteiger partial charge in [0.25, 0.3) is 0 Å². The van der Waals surface area contributed by atoms with Gasteiger partial charge in [-0.25, -0.2) is 4.39 Å². The monoisotopic (exact) mass is 391 g/mol. The molecule has 0 amide bonds. The standard InChI is InChI=1S/C24H38FNO2/c1-2-3-4-5-6-7-8-9-10-11-12-13-14-24(19-27)28-20-22-15-21(18-26)16-23(25)17-22/h15-17,24,27H,2-14,19-20H2,1H3/t24-/m0/s1. The Bertz CT molecular complexity index is 556. The number of nitrogens with zero attached hydrogens (tertiary/aromatic N) is 1. The number of hydrogen-bond acceptors (Lipinski definition) is 3. The molecule has 3 nitrogen and oxygen atoms in total. The van der Waals surface area contributed by atoms with Gasteiger partial charge in [-0.2, -0.15) is 5.26 Å². The topological polar surface area (TPSA) is 53.2 Å². The van der Waals surface area contributed by atoms with Gasteiger partial charge in [-0.1, -0.05) is 84.0 Å². The van der Waals surface area contributed by atoms with E-state index in [1.807, 2.05) is 6.07 Å². The molecule has 158 valence electrons. The Hall–Kier alpha value is -1.44. The van der Waals surface area contributed by atoms with Crippen LogP contribution in [0.4, 0.5) is 4.39 Å². The van der Waals surface area contributed by atoms with Gasteiger partial charge in [-0.05, 0) is 30.2 Å². The first-order chi connectivity index (χ1) is 13.7. The highest BCUT2D eigenvalue weighted by Crippen LogP contribution is 2.15. The van der Waals surface area contributed by atoms with E-state index in [1.54, 1.807) is 6.07 Å². The molecule has 0 aliphatic carbocycles. The Kier molecular flexibility index (Phi) is 14.5. The number of aliphatic hydroxyl groups excluding tert-OH is 1. The minimum absolute atomic E-state index is 0.0293. The van der Waals surface area contributed by atoms with Crippen molar-refractivity contribution in [3.8, 4) is 6.07 Å². The molecule has 0 saturated carbocycles. The normalized spacial score (nSPS) is 12.1. The van der Waals surface area contributed by atoms with Crippen molar-refractivity contribution in [2.75, 3.05) is 6.61 Å². The summed E-state index contributed by atoms with van der Waals surface area (Å²) >= 11 is 0. The maximum atomic E-state index is 13.4. The molecule has 0 aliphatic rings. The van der Waals surface area contributed by atoms with Gasteiger partial charge in [-0.15, -0.1) is 0 Å². The molecule has 1 aromatic rings. The van der Waals surface area contributed by atoms with Crippen LogP contribution in [0.5, 0.6) is 0 Å². The number of ether oxygens (including phenoxy) is 1. The average Bonchev–Trinajstić information content (AvgIpc) is 2.70. The van der Waals surface area contributed by atoms with E-state index in [-0.39, 0.29) is 19.3 Å². The summed E-state index contributed by atoms with van der Waals surface area (Å²) in [5.41, 5.74) is 0.921. The van der Waals surface area contributed by atoms with Gasteiger partial charge in [0, 0.05) is 0 Å². The summed E-state index contributed by atoms with van der Waals surface area (Å²) in [7, 11) is 0. The van der Waals surface area contributed by atoms with Crippen molar-refractivity contribution in [1.29, 1.82) is 5.26 Å². The van der Waals surface area contributed by atoms with Crippen LogP contribution in [-0.4, -0.2) is 17.8 Å². The molecule has 4 heteroatoms. The number of aliphatic hydroxyl groups is 1. The Labute approximate surface area is 170 Å². The van der Waals surface area contributed by atoms with Gasteiger partial charge in [0.2, 0.25) is 0 Å². The van der Waals surface area contributed by atoms with Crippen LogP contribution in [-0.2, 0) is 11.3 Å². The van der Waals surface area contributed by atoms with Crippen molar-refractivity contribution in [3.05, 3.63) is 35.1 Å². The van der Waals surface area contributed by atoms with E-state index >= 15 is 0 Å². The van der Waals surface area contributed by atoms with E-state index in [0.29, 0.717) is 11.1 Å². The van der Waals surface area contributed by atoms with Crippen molar-refractivity contribution in [2.24, 2.45) is 0 Å². The second-order valence-corrected chi connectivity index (χ2v) is 7.75.